The third-order valence-corrected chi connectivity index (χ3v) is 5.74. The van der Waals surface area contributed by atoms with Gasteiger partial charge < -0.3 is 16.0 Å². The van der Waals surface area contributed by atoms with Crippen LogP contribution in [0.25, 0.3) is 16.9 Å². The Balaban J connectivity index is 1.68. The van der Waals surface area contributed by atoms with E-state index in [2.05, 4.69) is 26.0 Å². The van der Waals surface area contributed by atoms with Gasteiger partial charge in [0, 0.05) is 24.9 Å². The Labute approximate surface area is 216 Å². The van der Waals surface area contributed by atoms with E-state index in [0.29, 0.717) is 22.0 Å². The van der Waals surface area contributed by atoms with Crippen LogP contribution >= 0.6 is 23.2 Å². The summed E-state index contributed by atoms with van der Waals surface area (Å²) in [5.41, 5.74) is 1.90. The van der Waals surface area contributed by atoms with E-state index in [0.717, 1.165) is 0 Å². The monoisotopic (exact) mass is 522 g/mol. The Kier molecular flexibility index (Phi) is 7.62. The molecule has 4 rings (SSSR count). The van der Waals surface area contributed by atoms with Gasteiger partial charge in [0.15, 0.2) is 5.69 Å². The molecule has 4 aromatic rings. The summed E-state index contributed by atoms with van der Waals surface area (Å²) >= 11 is 12.7. The van der Waals surface area contributed by atoms with E-state index in [1.807, 2.05) is 12.1 Å². The van der Waals surface area contributed by atoms with Crippen LogP contribution in [0.5, 0.6) is 0 Å². The zero-order valence-corrected chi connectivity index (χ0v) is 20.5. The largest absolute Gasteiger partial charge is 0.358 e. The van der Waals surface area contributed by atoms with Crippen LogP contribution in [0.15, 0.2) is 72.9 Å². The number of likely N-dealkylation sites (N-methyl/N-ethyl adjacent to an activating group) is 1. The van der Waals surface area contributed by atoms with E-state index in [4.69, 9.17) is 23.2 Å². The minimum Gasteiger partial charge on any atom is -0.358 e. The van der Waals surface area contributed by atoms with Crippen LogP contribution in [-0.4, -0.2) is 46.1 Å². The topological polar surface area (TPSA) is 118 Å². The highest BCUT2D eigenvalue weighted by Gasteiger charge is 2.21. The molecular weight excluding hydrogens is 503 g/mol. The van der Waals surface area contributed by atoms with Gasteiger partial charge in [-0.15, -0.1) is 0 Å². The van der Waals surface area contributed by atoms with E-state index < -0.39 is 11.8 Å². The Bertz CT molecular complexity index is 1420. The molecule has 2 heterocycles. The quantitative estimate of drug-likeness (QED) is 0.339. The van der Waals surface area contributed by atoms with E-state index >= 15 is 0 Å². The number of aromatic nitrogens is 3. The van der Waals surface area contributed by atoms with Crippen molar-refractivity contribution in [1.82, 2.24) is 25.4 Å². The predicted octanol–water partition coefficient (Wildman–Crippen LogP) is 3.97. The lowest BCUT2D eigenvalue weighted by Gasteiger charge is -2.12. The maximum absolute atomic E-state index is 13.3. The van der Waals surface area contributed by atoms with Crippen molar-refractivity contribution >= 4 is 46.7 Å². The number of para-hydroxylation sites is 1. The molecule has 11 heteroatoms. The molecule has 0 aliphatic heterocycles. The summed E-state index contributed by atoms with van der Waals surface area (Å²) in [6.07, 6.45) is 1.62. The number of nitrogens with zero attached hydrogens (tertiary/aromatic N) is 3. The third-order valence-electron chi connectivity index (χ3n) is 5.11. The Morgan fingerprint density at radius 3 is 2.36 bits per heavy atom. The summed E-state index contributed by atoms with van der Waals surface area (Å²) in [6, 6.07) is 18.7. The van der Waals surface area contributed by atoms with Gasteiger partial charge in [0.05, 0.1) is 33.5 Å². The van der Waals surface area contributed by atoms with E-state index in [9.17, 15) is 14.4 Å². The van der Waals surface area contributed by atoms with Crippen molar-refractivity contribution in [3.05, 3.63) is 94.2 Å². The van der Waals surface area contributed by atoms with Crippen LogP contribution in [0, 0.1) is 0 Å². The van der Waals surface area contributed by atoms with Crippen LogP contribution in [0.1, 0.15) is 20.8 Å². The molecule has 2 aromatic carbocycles. The molecular formula is C25H20Cl2N6O3. The van der Waals surface area contributed by atoms with Gasteiger partial charge in [-0.3, -0.25) is 19.4 Å². The van der Waals surface area contributed by atoms with Crippen LogP contribution in [-0.2, 0) is 4.79 Å². The first-order valence-corrected chi connectivity index (χ1v) is 11.5. The fraction of sp³-hybridized carbons (Fsp3) is 0.0800. The highest BCUT2D eigenvalue weighted by atomic mass is 35.5. The third kappa shape index (κ3) is 5.54. The van der Waals surface area contributed by atoms with Crippen molar-refractivity contribution in [2.24, 2.45) is 0 Å². The number of amides is 3. The van der Waals surface area contributed by atoms with Gasteiger partial charge in [0.2, 0.25) is 5.91 Å². The van der Waals surface area contributed by atoms with Crippen molar-refractivity contribution in [2.75, 3.05) is 18.9 Å². The smallest absolute Gasteiger partial charge is 0.272 e. The first kappa shape index (κ1) is 24.9. The molecule has 0 saturated heterocycles. The maximum atomic E-state index is 13.3. The highest BCUT2D eigenvalue weighted by molar-refractivity contribution is 6.38. The molecule has 3 amide bonds. The second kappa shape index (κ2) is 11.0. The van der Waals surface area contributed by atoms with Crippen molar-refractivity contribution in [1.29, 1.82) is 0 Å². The maximum Gasteiger partial charge on any atom is 0.272 e. The summed E-state index contributed by atoms with van der Waals surface area (Å²) in [5.74, 6) is -1.25. The first-order valence-electron chi connectivity index (χ1n) is 10.7. The number of pyridine rings is 1. The fourth-order valence-electron chi connectivity index (χ4n) is 3.31. The molecule has 0 atom stereocenters. The molecule has 0 bridgehead atoms. The van der Waals surface area contributed by atoms with Crippen LogP contribution in [0.2, 0.25) is 10.0 Å². The van der Waals surface area contributed by atoms with Gasteiger partial charge in [-0.2, -0.15) is 5.10 Å². The lowest BCUT2D eigenvalue weighted by atomic mass is 10.1. The summed E-state index contributed by atoms with van der Waals surface area (Å²) in [4.78, 5) is 41.7. The molecule has 36 heavy (non-hydrogen) atoms. The van der Waals surface area contributed by atoms with Crippen molar-refractivity contribution in [3.8, 4) is 16.9 Å². The molecule has 0 aliphatic rings. The molecule has 0 unspecified atom stereocenters. The molecule has 3 N–H and O–H groups in total. The molecule has 0 spiro atoms. The van der Waals surface area contributed by atoms with Crippen LogP contribution < -0.4 is 16.0 Å². The fourth-order valence-corrected chi connectivity index (χ4v) is 3.88. The summed E-state index contributed by atoms with van der Waals surface area (Å²) < 4.78 is 1.41. The second-order valence-electron chi connectivity index (χ2n) is 7.50. The number of hydrogen-bond donors (Lipinski definition) is 3. The number of nitrogens with one attached hydrogen (secondary N) is 3. The van der Waals surface area contributed by atoms with Crippen molar-refractivity contribution in [3.63, 3.8) is 0 Å². The van der Waals surface area contributed by atoms with Crippen LogP contribution in [0.3, 0.4) is 0 Å². The number of anilines is 1. The number of carbonyl (C=O) groups is 3. The average molecular weight is 523 g/mol. The highest BCUT2D eigenvalue weighted by Crippen LogP contribution is 2.32. The molecule has 0 radical (unpaired) electrons. The number of hydrogen-bond acceptors (Lipinski definition) is 5. The van der Waals surface area contributed by atoms with Gasteiger partial charge in [-0.1, -0.05) is 47.5 Å². The average Bonchev–Trinajstić information content (AvgIpc) is 3.31. The minimum absolute atomic E-state index is 0.00873. The lowest BCUT2D eigenvalue weighted by molar-refractivity contribution is -0.119. The normalized spacial score (nSPS) is 10.5. The molecule has 0 saturated carbocycles. The van der Waals surface area contributed by atoms with Gasteiger partial charge in [-0.25, -0.2) is 4.68 Å². The predicted molar refractivity (Wildman–Crippen MR) is 138 cm³/mol. The zero-order valence-electron chi connectivity index (χ0n) is 19.0. The summed E-state index contributed by atoms with van der Waals surface area (Å²) in [6.45, 7) is -0.216. The molecule has 0 aliphatic carbocycles. The molecule has 0 fully saturated rings. The summed E-state index contributed by atoms with van der Waals surface area (Å²) in [5, 5.41) is 12.5. The number of benzene rings is 2. The SMILES string of the molecule is CNC(=O)CNC(=O)c1cc(NC(=O)c2cc(-c3ccccn3)c(Cl)cc2Cl)n(-c2ccccc2)n1. The number of rotatable bonds is 7. The van der Waals surface area contributed by atoms with E-state index in [-0.39, 0.29) is 34.5 Å². The lowest BCUT2D eigenvalue weighted by Crippen LogP contribution is -2.35. The van der Waals surface area contributed by atoms with E-state index in [1.54, 1.807) is 48.7 Å². The van der Waals surface area contributed by atoms with Gasteiger partial charge >= 0.3 is 0 Å². The molecule has 2 aromatic heterocycles. The minimum atomic E-state index is -0.578. The first-order chi connectivity index (χ1) is 17.4. The van der Waals surface area contributed by atoms with E-state index in [1.165, 1.54) is 23.9 Å². The van der Waals surface area contributed by atoms with Crippen LogP contribution in [0.4, 0.5) is 5.82 Å². The summed E-state index contributed by atoms with van der Waals surface area (Å²) in [7, 11) is 1.47. The Morgan fingerprint density at radius 1 is 0.917 bits per heavy atom. The zero-order chi connectivity index (χ0) is 25.7. The number of halogens is 2. The van der Waals surface area contributed by atoms with Crippen molar-refractivity contribution in [2.45, 2.75) is 0 Å². The van der Waals surface area contributed by atoms with Crippen molar-refractivity contribution < 1.29 is 14.4 Å². The van der Waals surface area contributed by atoms with Gasteiger partial charge in [-0.05, 0) is 36.4 Å². The number of carbonyl (C=O) groups excluding carboxylic acids is 3. The second-order valence-corrected chi connectivity index (χ2v) is 8.31. The molecule has 9 nitrogen and oxygen atoms in total. The van der Waals surface area contributed by atoms with Gasteiger partial charge in [0.25, 0.3) is 11.8 Å². The Morgan fingerprint density at radius 2 is 1.67 bits per heavy atom. The van der Waals surface area contributed by atoms with Gasteiger partial charge in [0.1, 0.15) is 5.82 Å². The standard InChI is InChI=1S/C25H20Cl2N6O3/c1-28-23(34)14-30-25(36)21-13-22(33(32-21)15-7-3-2-4-8-15)31-24(35)17-11-16(18(26)12-19(17)27)20-9-5-6-10-29-20/h2-13H,14H2,1H3,(H,28,34)(H,30,36)(H,31,35). The Hall–Kier alpha value is -4.21. The molecule has 182 valence electrons.